The van der Waals surface area contributed by atoms with Crippen LogP contribution in [0.5, 0.6) is 0 Å². The SMILES string of the molecule is COC(=O)c1c(C)[nH]c(C(=O)[C@H](C)[NH+](C)CC(=O)Nc2ccc(C)cc2)c1C. The van der Waals surface area contributed by atoms with Gasteiger partial charge in [0.15, 0.2) is 12.6 Å². The summed E-state index contributed by atoms with van der Waals surface area (Å²) in [5.41, 5.74) is 3.76. The quantitative estimate of drug-likeness (QED) is 0.496. The number of quaternary nitrogens is 1. The van der Waals surface area contributed by atoms with E-state index < -0.39 is 12.0 Å². The highest BCUT2D eigenvalue weighted by molar-refractivity contribution is 6.03. The lowest BCUT2D eigenvalue weighted by atomic mass is 10.0. The second-order valence-corrected chi connectivity index (χ2v) is 7.14. The Kier molecular flexibility index (Phi) is 6.75. The summed E-state index contributed by atoms with van der Waals surface area (Å²) in [6.07, 6.45) is 0. The highest BCUT2D eigenvalue weighted by Crippen LogP contribution is 2.19. The van der Waals surface area contributed by atoms with Crippen molar-refractivity contribution in [1.82, 2.24) is 4.98 Å². The Morgan fingerprint density at radius 2 is 1.75 bits per heavy atom. The Morgan fingerprint density at radius 1 is 1.14 bits per heavy atom. The van der Waals surface area contributed by atoms with E-state index >= 15 is 0 Å². The number of hydrogen-bond acceptors (Lipinski definition) is 4. The number of hydrogen-bond donors (Lipinski definition) is 3. The molecule has 0 saturated heterocycles. The van der Waals surface area contributed by atoms with Gasteiger partial charge >= 0.3 is 5.97 Å². The lowest BCUT2D eigenvalue weighted by Gasteiger charge is -2.20. The average molecular weight is 386 g/mol. The van der Waals surface area contributed by atoms with Crippen LogP contribution < -0.4 is 10.2 Å². The predicted molar refractivity (Wildman–Crippen MR) is 107 cm³/mol. The molecule has 1 amide bonds. The molecule has 0 bridgehead atoms. The number of carbonyl (C=O) groups is 3. The molecule has 1 heterocycles. The molecule has 1 aromatic carbocycles. The fraction of sp³-hybridized carbons (Fsp3) is 0.381. The third-order valence-electron chi connectivity index (χ3n) is 4.98. The van der Waals surface area contributed by atoms with E-state index in [1.54, 1.807) is 27.8 Å². The minimum atomic E-state index is -0.476. The normalized spacial score (nSPS) is 12.9. The first kappa shape index (κ1) is 21.4. The molecule has 1 aromatic heterocycles. The largest absolute Gasteiger partial charge is 0.465 e. The van der Waals surface area contributed by atoms with Gasteiger partial charge in [-0.1, -0.05) is 17.7 Å². The smallest absolute Gasteiger partial charge is 0.339 e. The molecule has 3 N–H and O–H groups in total. The van der Waals surface area contributed by atoms with Crippen molar-refractivity contribution in [1.29, 1.82) is 0 Å². The number of esters is 1. The number of anilines is 1. The topological polar surface area (TPSA) is 92.7 Å². The summed E-state index contributed by atoms with van der Waals surface area (Å²) in [5, 5.41) is 2.84. The van der Waals surface area contributed by atoms with E-state index in [0.717, 1.165) is 16.2 Å². The Bertz CT molecular complexity index is 884. The van der Waals surface area contributed by atoms with Crippen LogP contribution in [0.3, 0.4) is 0 Å². The van der Waals surface area contributed by atoms with Gasteiger partial charge in [-0.25, -0.2) is 4.79 Å². The fourth-order valence-corrected chi connectivity index (χ4v) is 3.09. The number of amides is 1. The highest BCUT2D eigenvalue weighted by atomic mass is 16.5. The van der Waals surface area contributed by atoms with E-state index in [0.29, 0.717) is 22.5 Å². The van der Waals surface area contributed by atoms with Crippen molar-refractivity contribution in [2.24, 2.45) is 0 Å². The van der Waals surface area contributed by atoms with Crippen molar-refractivity contribution in [2.75, 3.05) is 26.0 Å². The van der Waals surface area contributed by atoms with Crippen LogP contribution in [0, 0.1) is 20.8 Å². The number of Topliss-reactive ketones (excluding diaryl/α,β-unsaturated/α-hetero) is 1. The van der Waals surface area contributed by atoms with Gasteiger partial charge in [-0.05, 0) is 45.4 Å². The number of likely N-dealkylation sites (N-methyl/N-ethyl adjacent to an activating group) is 1. The molecule has 0 fully saturated rings. The summed E-state index contributed by atoms with van der Waals surface area (Å²) in [5.74, 6) is -0.803. The number of aromatic amines is 1. The Hall–Kier alpha value is -2.93. The minimum Gasteiger partial charge on any atom is -0.465 e. The Balaban J connectivity index is 2.07. The molecule has 0 aliphatic rings. The van der Waals surface area contributed by atoms with E-state index in [1.807, 2.05) is 31.2 Å². The van der Waals surface area contributed by atoms with Crippen LogP contribution in [0.4, 0.5) is 5.69 Å². The number of aromatic nitrogens is 1. The third-order valence-corrected chi connectivity index (χ3v) is 4.98. The zero-order valence-electron chi connectivity index (χ0n) is 17.2. The number of H-pyrrole nitrogens is 1. The summed E-state index contributed by atoms with van der Waals surface area (Å²) in [4.78, 5) is 40.9. The van der Waals surface area contributed by atoms with Gasteiger partial charge in [0.2, 0.25) is 5.78 Å². The Labute approximate surface area is 165 Å². The molecule has 2 atom stereocenters. The molecule has 1 unspecified atom stereocenters. The van der Waals surface area contributed by atoms with Gasteiger partial charge in [-0.15, -0.1) is 0 Å². The van der Waals surface area contributed by atoms with Crippen LogP contribution in [0.2, 0.25) is 0 Å². The number of methoxy groups -OCH3 is 1. The van der Waals surface area contributed by atoms with E-state index in [4.69, 9.17) is 4.74 Å². The molecule has 0 aliphatic carbocycles. The van der Waals surface area contributed by atoms with Crippen molar-refractivity contribution in [3.63, 3.8) is 0 Å². The van der Waals surface area contributed by atoms with Crippen LogP contribution >= 0.6 is 0 Å². The number of benzene rings is 1. The molecule has 0 aliphatic heterocycles. The van der Waals surface area contributed by atoms with Gasteiger partial charge < -0.3 is 19.9 Å². The minimum absolute atomic E-state index is 0.142. The first-order valence-electron chi connectivity index (χ1n) is 9.16. The van der Waals surface area contributed by atoms with Crippen molar-refractivity contribution in [3.8, 4) is 0 Å². The van der Waals surface area contributed by atoms with E-state index in [9.17, 15) is 14.4 Å². The molecule has 7 nitrogen and oxygen atoms in total. The second-order valence-electron chi connectivity index (χ2n) is 7.14. The van der Waals surface area contributed by atoms with Crippen LogP contribution in [0.1, 0.15) is 44.6 Å². The summed E-state index contributed by atoms with van der Waals surface area (Å²) >= 11 is 0. The van der Waals surface area contributed by atoms with Gasteiger partial charge in [0.05, 0.1) is 25.4 Å². The molecule has 7 heteroatoms. The highest BCUT2D eigenvalue weighted by Gasteiger charge is 2.30. The van der Waals surface area contributed by atoms with E-state index in [2.05, 4.69) is 10.3 Å². The van der Waals surface area contributed by atoms with E-state index in [-0.39, 0.29) is 18.2 Å². The first-order chi connectivity index (χ1) is 13.1. The Morgan fingerprint density at radius 3 is 2.32 bits per heavy atom. The first-order valence-corrected chi connectivity index (χ1v) is 9.16. The number of aryl methyl sites for hydroxylation is 2. The number of nitrogens with one attached hydrogen (secondary N) is 3. The summed E-state index contributed by atoms with van der Waals surface area (Å²) in [7, 11) is 3.10. The molecule has 150 valence electrons. The maximum atomic E-state index is 12.9. The summed E-state index contributed by atoms with van der Waals surface area (Å²) in [6, 6.07) is 7.07. The molecule has 0 spiro atoms. The van der Waals surface area contributed by atoms with Crippen molar-refractivity contribution >= 4 is 23.3 Å². The maximum absolute atomic E-state index is 12.9. The van der Waals surface area contributed by atoms with Gasteiger partial charge in [-0.3, -0.25) is 9.59 Å². The third kappa shape index (κ3) is 4.67. The lowest BCUT2D eigenvalue weighted by molar-refractivity contribution is -0.885. The zero-order chi connectivity index (χ0) is 21.0. The molecule has 2 aromatic rings. The standard InChI is InChI=1S/C21H27N3O4/c1-12-7-9-16(10-8-12)23-17(25)11-24(5)15(4)20(26)19-13(2)18(14(3)22-19)21(27)28-6/h7-10,15,22H,11H2,1-6H3,(H,23,25)/p+1/t15-/m0/s1. The van der Waals surface area contributed by atoms with Gasteiger partial charge in [0, 0.05) is 11.4 Å². The monoisotopic (exact) mass is 386 g/mol. The maximum Gasteiger partial charge on any atom is 0.339 e. The predicted octanol–water partition coefficient (Wildman–Crippen LogP) is 1.45. The summed E-state index contributed by atoms with van der Waals surface area (Å²) in [6.45, 7) is 7.34. The van der Waals surface area contributed by atoms with Gasteiger partial charge in [0.1, 0.15) is 0 Å². The van der Waals surface area contributed by atoms with Crippen LogP contribution in [0.25, 0.3) is 0 Å². The number of rotatable bonds is 7. The number of ether oxygens (including phenoxy) is 1. The lowest BCUT2D eigenvalue weighted by Crippen LogP contribution is -3.14. The van der Waals surface area contributed by atoms with Crippen molar-refractivity contribution in [3.05, 3.63) is 52.3 Å². The molecule has 28 heavy (non-hydrogen) atoms. The van der Waals surface area contributed by atoms with Crippen LogP contribution in [-0.2, 0) is 9.53 Å². The molecular formula is C21H28N3O4+. The fourth-order valence-electron chi connectivity index (χ4n) is 3.09. The van der Waals surface area contributed by atoms with Crippen LogP contribution in [0.15, 0.2) is 24.3 Å². The van der Waals surface area contributed by atoms with Gasteiger partial charge in [-0.2, -0.15) is 0 Å². The number of ketones is 1. The molecular weight excluding hydrogens is 358 g/mol. The van der Waals surface area contributed by atoms with Crippen molar-refractivity contribution in [2.45, 2.75) is 33.7 Å². The molecule has 0 saturated carbocycles. The zero-order valence-corrected chi connectivity index (χ0v) is 17.2. The van der Waals surface area contributed by atoms with Crippen molar-refractivity contribution < 1.29 is 24.0 Å². The number of carbonyl (C=O) groups excluding carboxylic acids is 3. The molecule has 2 rings (SSSR count). The van der Waals surface area contributed by atoms with Crippen LogP contribution in [-0.4, -0.2) is 49.4 Å². The summed E-state index contributed by atoms with van der Waals surface area (Å²) < 4.78 is 4.79. The van der Waals surface area contributed by atoms with Gasteiger partial charge in [0.25, 0.3) is 5.91 Å². The second kappa shape index (κ2) is 8.84. The van der Waals surface area contributed by atoms with E-state index in [1.165, 1.54) is 7.11 Å². The molecule has 0 radical (unpaired) electrons. The average Bonchev–Trinajstić information content (AvgIpc) is 2.95.